The standard InChI is InChI=1S/C16H21N3O/c1-4-10-20-14-8-6-13(7-9-14)15-11-16(17-5-2)19-12(3)18-15/h6-9,11H,4-5,10H2,1-3H3,(H,17,18,19). The van der Waals surface area contributed by atoms with Crippen LogP contribution in [0.3, 0.4) is 0 Å². The number of ether oxygens (including phenoxy) is 1. The lowest BCUT2D eigenvalue weighted by Crippen LogP contribution is -2.02. The van der Waals surface area contributed by atoms with Crippen LogP contribution >= 0.6 is 0 Å². The zero-order valence-corrected chi connectivity index (χ0v) is 12.3. The van der Waals surface area contributed by atoms with E-state index in [2.05, 4.69) is 29.1 Å². The second-order valence-electron chi connectivity index (χ2n) is 4.59. The van der Waals surface area contributed by atoms with Crippen LogP contribution in [-0.2, 0) is 0 Å². The molecule has 1 aromatic carbocycles. The van der Waals surface area contributed by atoms with E-state index in [-0.39, 0.29) is 0 Å². The van der Waals surface area contributed by atoms with Crippen LogP contribution in [0.5, 0.6) is 5.75 Å². The molecule has 1 N–H and O–H groups in total. The molecule has 0 fully saturated rings. The van der Waals surface area contributed by atoms with Gasteiger partial charge in [0.25, 0.3) is 0 Å². The Morgan fingerprint density at radius 2 is 1.85 bits per heavy atom. The molecule has 20 heavy (non-hydrogen) atoms. The highest BCUT2D eigenvalue weighted by molar-refractivity contribution is 5.63. The highest BCUT2D eigenvalue weighted by Crippen LogP contribution is 2.22. The summed E-state index contributed by atoms with van der Waals surface area (Å²) in [5, 5.41) is 3.22. The van der Waals surface area contributed by atoms with E-state index < -0.39 is 0 Å². The molecule has 2 rings (SSSR count). The zero-order valence-electron chi connectivity index (χ0n) is 12.3. The third-order valence-electron chi connectivity index (χ3n) is 2.82. The molecule has 1 aromatic heterocycles. The maximum atomic E-state index is 5.59. The van der Waals surface area contributed by atoms with E-state index in [9.17, 15) is 0 Å². The van der Waals surface area contributed by atoms with Crippen LogP contribution in [0.1, 0.15) is 26.1 Å². The molecule has 0 spiro atoms. The molecule has 0 aliphatic rings. The SMILES string of the molecule is CCCOc1ccc(-c2cc(NCC)nc(C)n2)cc1. The average Bonchev–Trinajstić information content (AvgIpc) is 2.45. The molecule has 4 heteroatoms. The van der Waals surface area contributed by atoms with Crippen molar-refractivity contribution in [3.05, 3.63) is 36.2 Å². The van der Waals surface area contributed by atoms with Gasteiger partial charge in [0.05, 0.1) is 12.3 Å². The van der Waals surface area contributed by atoms with E-state index in [1.165, 1.54) is 0 Å². The number of anilines is 1. The smallest absolute Gasteiger partial charge is 0.130 e. The Morgan fingerprint density at radius 3 is 2.50 bits per heavy atom. The maximum absolute atomic E-state index is 5.59. The molecular formula is C16H21N3O. The van der Waals surface area contributed by atoms with E-state index in [4.69, 9.17) is 4.74 Å². The Labute approximate surface area is 120 Å². The first kappa shape index (κ1) is 14.3. The fourth-order valence-corrected chi connectivity index (χ4v) is 1.93. The van der Waals surface area contributed by atoms with E-state index >= 15 is 0 Å². The van der Waals surface area contributed by atoms with Crippen LogP contribution in [0, 0.1) is 6.92 Å². The number of benzene rings is 1. The molecule has 4 nitrogen and oxygen atoms in total. The fourth-order valence-electron chi connectivity index (χ4n) is 1.93. The Bertz CT molecular complexity index is 552. The number of nitrogens with one attached hydrogen (secondary N) is 1. The van der Waals surface area contributed by atoms with Crippen LogP contribution in [0.15, 0.2) is 30.3 Å². The molecule has 0 amide bonds. The maximum Gasteiger partial charge on any atom is 0.130 e. The second-order valence-corrected chi connectivity index (χ2v) is 4.59. The van der Waals surface area contributed by atoms with Crippen molar-refractivity contribution in [2.45, 2.75) is 27.2 Å². The minimum absolute atomic E-state index is 0.747. The van der Waals surface area contributed by atoms with Gasteiger partial charge in [-0.15, -0.1) is 0 Å². The Hall–Kier alpha value is -2.10. The van der Waals surface area contributed by atoms with Gasteiger partial charge in [-0.3, -0.25) is 0 Å². The van der Waals surface area contributed by atoms with Crippen molar-refractivity contribution in [2.75, 3.05) is 18.5 Å². The molecule has 0 saturated carbocycles. The molecule has 0 unspecified atom stereocenters. The Morgan fingerprint density at radius 1 is 1.10 bits per heavy atom. The molecule has 2 aromatic rings. The normalized spacial score (nSPS) is 10.3. The van der Waals surface area contributed by atoms with Crippen LogP contribution in [0.2, 0.25) is 0 Å². The van der Waals surface area contributed by atoms with Gasteiger partial charge in [0.1, 0.15) is 17.4 Å². The summed E-state index contributed by atoms with van der Waals surface area (Å²) in [6.07, 6.45) is 1.01. The van der Waals surface area contributed by atoms with Gasteiger partial charge in [0, 0.05) is 18.2 Å². The number of aromatic nitrogens is 2. The Balaban J connectivity index is 2.22. The average molecular weight is 271 g/mol. The molecule has 0 aliphatic carbocycles. The molecule has 0 atom stereocenters. The minimum Gasteiger partial charge on any atom is -0.494 e. The van der Waals surface area contributed by atoms with Gasteiger partial charge in [0.2, 0.25) is 0 Å². The van der Waals surface area contributed by atoms with Crippen molar-refractivity contribution < 1.29 is 4.74 Å². The quantitative estimate of drug-likeness (QED) is 0.870. The second kappa shape index (κ2) is 6.89. The minimum atomic E-state index is 0.747. The van der Waals surface area contributed by atoms with Gasteiger partial charge in [-0.25, -0.2) is 9.97 Å². The lowest BCUT2D eigenvalue weighted by molar-refractivity contribution is 0.317. The lowest BCUT2D eigenvalue weighted by Gasteiger charge is -2.08. The van der Waals surface area contributed by atoms with E-state index in [0.29, 0.717) is 0 Å². The largest absolute Gasteiger partial charge is 0.494 e. The van der Waals surface area contributed by atoms with Gasteiger partial charge in [-0.1, -0.05) is 6.92 Å². The molecular weight excluding hydrogens is 250 g/mol. The van der Waals surface area contributed by atoms with Gasteiger partial charge in [-0.05, 0) is 44.5 Å². The van der Waals surface area contributed by atoms with Gasteiger partial charge in [-0.2, -0.15) is 0 Å². The van der Waals surface area contributed by atoms with Crippen LogP contribution in [-0.4, -0.2) is 23.1 Å². The van der Waals surface area contributed by atoms with E-state index in [1.807, 2.05) is 37.3 Å². The van der Waals surface area contributed by atoms with Gasteiger partial charge < -0.3 is 10.1 Å². The predicted octanol–water partition coefficient (Wildman–Crippen LogP) is 3.67. The third-order valence-corrected chi connectivity index (χ3v) is 2.82. The van der Waals surface area contributed by atoms with Crippen LogP contribution in [0.4, 0.5) is 5.82 Å². The summed E-state index contributed by atoms with van der Waals surface area (Å²) in [6.45, 7) is 7.65. The number of aryl methyl sites for hydroxylation is 1. The number of hydrogen-bond donors (Lipinski definition) is 1. The molecule has 0 bridgehead atoms. The summed E-state index contributed by atoms with van der Waals surface area (Å²) in [5.74, 6) is 2.53. The van der Waals surface area contributed by atoms with Crippen molar-refractivity contribution in [2.24, 2.45) is 0 Å². The first-order valence-electron chi connectivity index (χ1n) is 7.05. The summed E-state index contributed by atoms with van der Waals surface area (Å²) in [5.41, 5.74) is 1.99. The summed E-state index contributed by atoms with van der Waals surface area (Å²) in [7, 11) is 0. The van der Waals surface area contributed by atoms with E-state index in [1.54, 1.807) is 0 Å². The summed E-state index contributed by atoms with van der Waals surface area (Å²) < 4.78 is 5.59. The monoisotopic (exact) mass is 271 g/mol. The number of rotatable bonds is 6. The van der Waals surface area contributed by atoms with Crippen LogP contribution in [0.25, 0.3) is 11.3 Å². The predicted molar refractivity (Wildman–Crippen MR) is 82.2 cm³/mol. The molecule has 0 aliphatic heterocycles. The Kier molecular flexibility index (Phi) is 4.93. The van der Waals surface area contributed by atoms with Crippen molar-refractivity contribution in [3.8, 4) is 17.0 Å². The summed E-state index contributed by atoms with van der Waals surface area (Å²) >= 11 is 0. The van der Waals surface area contributed by atoms with Gasteiger partial charge in [0.15, 0.2) is 0 Å². The molecule has 0 saturated heterocycles. The van der Waals surface area contributed by atoms with Crippen molar-refractivity contribution in [3.63, 3.8) is 0 Å². The van der Waals surface area contributed by atoms with E-state index in [0.717, 1.165) is 48.2 Å². The van der Waals surface area contributed by atoms with Crippen molar-refractivity contribution in [1.29, 1.82) is 0 Å². The zero-order chi connectivity index (χ0) is 14.4. The number of hydrogen-bond acceptors (Lipinski definition) is 4. The molecule has 106 valence electrons. The number of nitrogens with zero attached hydrogens (tertiary/aromatic N) is 2. The van der Waals surface area contributed by atoms with Crippen molar-refractivity contribution in [1.82, 2.24) is 9.97 Å². The van der Waals surface area contributed by atoms with Crippen LogP contribution < -0.4 is 10.1 Å². The topological polar surface area (TPSA) is 47.0 Å². The lowest BCUT2D eigenvalue weighted by atomic mass is 10.1. The third kappa shape index (κ3) is 3.70. The van der Waals surface area contributed by atoms with Gasteiger partial charge >= 0.3 is 0 Å². The molecule has 1 heterocycles. The first-order valence-corrected chi connectivity index (χ1v) is 7.05. The fraction of sp³-hybridized carbons (Fsp3) is 0.375. The summed E-state index contributed by atoms with van der Waals surface area (Å²) in [4.78, 5) is 8.85. The highest BCUT2D eigenvalue weighted by Gasteiger charge is 2.04. The highest BCUT2D eigenvalue weighted by atomic mass is 16.5. The summed E-state index contributed by atoms with van der Waals surface area (Å²) in [6, 6.07) is 9.99. The first-order chi connectivity index (χ1) is 9.72. The molecule has 0 radical (unpaired) electrons. The van der Waals surface area contributed by atoms with Crippen molar-refractivity contribution >= 4 is 5.82 Å².